The molecule has 11 heteroatoms. The molecule has 0 amide bonds. The molecule has 0 saturated carbocycles. The van der Waals surface area contributed by atoms with Gasteiger partial charge in [0.2, 0.25) is 5.17 Å². The van der Waals surface area contributed by atoms with Crippen LogP contribution in [0.25, 0.3) is 0 Å². The second-order valence-corrected chi connectivity index (χ2v) is 8.68. The minimum Gasteiger partial charge on any atom is -0.850 e. The van der Waals surface area contributed by atoms with Gasteiger partial charge in [0.05, 0.1) is 0 Å². The van der Waals surface area contributed by atoms with E-state index in [1.54, 1.807) is 87.6 Å². The number of pyridine rings is 1. The summed E-state index contributed by atoms with van der Waals surface area (Å²) in [5.41, 5.74) is 11.5. The molecular formula is C26H27Cl2FKN4O3+. The number of rotatable bonds is 2. The number of phenols is 1. The number of anilines is 2. The van der Waals surface area contributed by atoms with Crippen molar-refractivity contribution in [3.05, 3.63) is 96.2 Å². The first-order chi connectivity index (χ1) is 16.8. The second-order valence-electron chi connectivity index (χ2n) is 7.91. The molecule has 1 aliphatic rings. The monoisotopic (exact) mass is 571 g/mol. The van der Waals surface area contributed by atoms with Crippen LogP contribution in [0.5, 0.6) is 17.2 Å². The van der Waals surface area contributed by atoms with Crippen molar-refractivity contribution in [2.24, 2.45) is 4.99 Å². The largest absolute Gasteiger partial charge is 1.00 e. The smallest absolute Gasteiger partial charge is 0.850 e. The number of phenolic OH excluding ortho intramolecular Hbond substituents is 1. The summed E-state index contributed by atoms with van der Waals surface area (Å²) in [4.78, 5) is 7.37. The van der Waals surface area contributed by atoms with Crippen molar-refractivity contribution in [1.29, 1.82) is 0 Å². The molecule has 2 aromatic carbocycles. The Balaban J connectivity index is 0.000000505. The van der Waals surface area contributed by atoms with Crippen LogP contribution in [0.1, 0.15) is 20.8 Å². The number of benzene rings is 2. The molecule has 0 fully saturated rings. The SMILES string of the molecule is CC(C)(C)[O-].FC1=CC(Cl)=NC=[C+]1.Nc1ccc(O)cc1.Nc1ccc(Oc2ccnc(Cl)c2)cc1.[K+]. The van der Waals surface area contributed by atoms with Gasteiger partial charge >= 0.3 is 57.2 Å². The summed E-state index contributed by atoms with van der Waals surface area (Å²) in [7, 11) is 0. The zero-order valence-electron chi connectivity index (χ0n) is 21.0. The third-order valence-corrected chi connectivity index (χ3v) is 3.76. The van der Waals surface area contributed by atoms with Crippen LogP contribution in [0.4, 0.5) is 15.8 Å². The van der Waals surface area contributed by atoms with Gasteiger partial charge in [-0.3, -0.25) is 0 Å². The average Bonchev–Trinajstić information content (AvgIpc) is 2.77. The van der Waals surface area contributed by atoms with Gasteiger partial charge in [-0.15, -0.1) is 9.99 Å². The number of aliphatic imine (C=N–C) groups is 1. The zero-order valence-corrected chi connectivity index (χ0v) is 25.6. The predicted molar refractivity (Wildman–Crippen MR) is 143 cm³/mol. The number of nitrogens with two attached hydrogens (primary N) is 2. The molecule has 7 nitrogen and oxygen atoms in total. The minimum atomic E-state index is -0.750. The average molecular weight is 573 g/mol. The summed E-state index contributed by atoms with van der Waals surface area (Å²) in [6.07, 6.45) is 6.09. The number of nitrogens with zero attached hydrogens (tertiary/aromatic N) is 2. The maximum absolute atomic E-state index is 12.0. The first-order valence-electron chi connectivity index (χ1n) is 10.4. The number of aromatic hydroxyl groups is 1. The van der Waals surface area contributed by atoms with Crippen LogP contribution in [-0.2, 0) is 0 Å². The molecule has 1 aromatic heterocycles. The Labute approximate surface area is 269 Å². The van der Waals surface area contributed by atoms with E-state index < -0.39 is 11.4 Å². The minimum absolute atomic E-state index is 0. The van der Waals surface area contributed by atoms with E-state index in [9.17, 15) is 9.50 Å². The van der Waals surface area contributed by atoms with Crippen LogP contribution in [0, 0.1) is 6.08 Å². The summed E-state index contributed by atoms with van der Waals surface area (Å²) in [6, 6.07) is 16.9. The molecule has 1 aliphatic heterocycles. The van der Waals surface area contributed by atoms with Gasteiger partial charge in [0.15, 0.2) is 18.4 Å². The number of ether oxygens (including phenoxy) is 1. The first kappa shape index (κ1) is 35.0. The molecule has 0 unspecified atom stereocenters. The van der Waals surface area contributed by atoms with E-state index in [1.165, 1.54) is 6.20 Å². The molecule has 5 N–H and O–H groups in total. The quantitative estimate of drug-likeness (QED) is 0.142. The van der Waals surface area contributed by atoms with Crippen molar-refractivity contribution < 1.29 is 70.7 Å². The van der Waals surface area contributed by atoms with Crippen LogP contribution in [0.3, 0.4) is 0 Å². The maximum atomic E-state index is 12.0. The molecule has 0 radical (unpaired) electrons. The van der Waals surface area contributed by atoms with E-state index in [-0.39, 0.29) is 62.3 Å². The third kappa shape index (κ3) is 19.7. The molecule has 0 bridgehead atoms. The molecular weight excluding hydrogens is 545 g/mol. The predicted octanol–water partition coefficient (Wildman–Crippen LogP) is 3.04. The van der Waals surface area contributed by atoms with E-state index in [1.807, 2.05) is 0 Å². The molecule has 37 heavy (non-hydrogen) atoms. The Morgan fingerprint density at radius 1 is 0.946 bits per heavy atom. The summed E-state index contributed by atoms with van der Waals surface area (Å²) in [6.45, 7) is 4.90. The van der Waals surface area contributed by atoms with Gasteiger partial charge in [0, 0.05) is 23.6 Å². The molecule has 4 rings (SSSR count). The topological polar surface area (TPSA) is 130 Å². The fourth-order valence-corrected chi connectivity index (χ4v) is 2.24. The van der Waals surface area contributed by atoms with Crippen LogP contribution >= 0.6 is 23.2 Å². The number of nitrogen functional groups attached to an aromatic ring is 2. The molecule has 0 aliphatic carbocycles. The van der Waals surface area contributed by atoms with Gasteiger partial charge in [-0.25, -0.2) is 4.98 Å². The van der Waals surface area contributed by atoms with Gasteiger partial charge in [0.25, 0.3) is 0 Å². The fraction of sp³-hybridized carbons (Fsp3) is 0.154. The summed E-state index contributed by atoms with van der Waals surface area (Å²) in [5, 5.41) is 19.4. The van der Waals surface area contributed by atoms with E-state index in [0.717, 1.165) is 6.08 Å². The Morgan fingerprint density at radius 2 is 1.46 bits per heavy atom. The normalized spacial score (nSPS) is 11.2. The summed E-state index contributed by atoms with van der Waals surface area (Å²) < 4.78 is 17.5. The second kappa shape index (κ2) is 18.2. The van der Waals surface area contributed by atoms with Crippen molar-refractivity contribution in [3.8, 4) is 17.2 Å². The Morgan fingerprint density at radius 3 is 1.86 bits per heavy atom. The van der Waals surface area contributed by atoms with Crippen molar-refractivity contribution >= 4 is 39.7 Å². The molecule has 190 valence electrons. The van der Waals surface area contributed by atoms with Crippen LogP contribution in [0.15, 0.2) is 90.0 Å². The zero-order chi connectivity index (χ0) is 27.1. The van der Waals surface area contributed by atoms with E-state index in [4.69, 9.17) is 44.5 Å². The van der Waals surface area contributed by atoms with Gasteiger partial charge in [-0.2, -0.15) is 4.99 Å². The van der Waals surface area contributed by atoms with Crippen LogP contribution in [0.2, 0.25) is 5.15 Å². The summed E-state index contributed by atoms with van der Waals surface area (Å²) >= 11 is 11.0. The van der Waals surface area contributed by atoms with Gasteiger partial charge in [0.1, 0.15) is 22.4 Å². The van der Waals surface area contributed by atoms with Crippen molar-refractivity contribution in [2.45, 2.75) is 26.4 Å². The van der Waals surface area contributed by atoms with E-state index >= 15 is 0 Å². The van der Waals surface area contributed by atoms with Crippen molar-refractivity contribution in [1.82, 2.24) is 4.98 Å². The Hall–Kier alpha value is -2.04. The number of hydrogen-bond acceptors (Lipinski definition) is 7. The third-order valence-electron chi connectivity index (χ3n) is 3.34. The van der Waals surface area contributed by atoms with Crippen molar-refractivity contribution in [2.75, 3.05) is 11.5 Å². The molecule has 0 atom stereocenters. The van der Waals surface area contributed by atoms with Crippen LogP contribution in [-0.4, -0.2) is 20.9 Å². The Bertz CT molecular complexity index is 1140. The number of halogens is 3. The van der Waals surface area contributed by atoms with Gasteiger partial charge in [-0.05, 0) is 66.2 Å². The molecule has 3 aromatic rings. The molecule has 2 heterocycles. The van der Waals surface area contributed by atoms with Crippen LogP contribution < -0.4 is 72.7 Å². The van der Waals surface area contributed by atoms with E-state index in [0.29, 0.717) is 28.0 Å². The first-order valence-corrected chi connectivity index (χ1v) is 11.2. The number of hydrogen-bond donors (Lipinski definition) is 3. The summed E-state index contributed by atoms with van der Waals surface area (Å²) in [5.74, 6) is 1.13. The Kier molecular flexibility index (Phi) is 17.2. The maximum Gasteiger partial charge on any atom is 1.00 e. The standard InChI is InChI=1S/C11H9ClN2O.C6H7NO.C5H2ClFN.C4H9O.K/c12-11-7-10(5-6-14-11)15-9-3-1-8(13)2-4-9;7-5-1-3-6(8)4-2-5;6-5-3-4(7)1-2-8-5;1-4(2,3)5;/h1-7H,13H2;1-4,8H,7H2;2-3H;1-3H3;/q;;+1;-1;+1. The molecule has 0 saturated heterocycles. The fourth-order valence-electron chi connectivity index (χ4n) is 1.93. The molecule has 0 spiro atoms. The number of allylic oxidation sites excluding steroid dienone is 3. The van der Waals surface area contributed by atoms with Gasteiger partial charge < -0.3 is 26.4 Å². The van der Waals surface area contributed by atoms with Gasteiger partial charge in [-0.1, -0.05) is 32.4 Å². The van der Waals surface area contributed by atoms with Crippen molar-refractivity contribution in [3.63, 3.8) is 0 Å². The van der Waals surface area contributed by atoms with E-state index in [2.05, 4.69) is 16.1 Å². The number of aromatic nitrogens is 1.